The number of thioether (sulfide) groups is 1. The maximum atomic E-state index is 13.6. The maximum absolute atomic E-state index is 13.6. The topological polar surface area (TPSA) is 218 Å². The molecule has 5 atom stereocenters. The Labute approximate surface area is 295 Å². The van der Waals surface area contributed by atoms with Gasteiger partial charge in [0, 0.05) is 29.6 Å². The number of carbonyl (C=O) groups is 6. The third-order valence-corrected chi connectivity index (χ3v) is 10.9. The third-order valence-electron chi connectivity index (χ3n) is 9.31. The highest BCUT2D eigenvalue weighted by Gasteiger charge is 2.64. The number of benzene rings is 2. The van der Waals surface area contributed by atoms with Crippen LogP contribution in [0.1, 0.15) is 55.6 Å². The molecule has 3 aliphatic heterocycles. The van der Waals surface area contributed by atoms with Gasteiger partial charge in [-0.15, -0.1) is 11.8 Å². The molecule has 0 bridgehead atoms. The number of phenols is 1. The predicted octanol–water partition coefficient (Wildman–Crippen LogP) is 1.80. The van der Waals surface area contributed by atoms with Crippen molar-refractivity contribution in [3.05, 3.63) is 82.1 Å². The number of anilines is 1. The first kappa shape index (κ1) is 35.2. The summed E-state index contributed by atoms with van der Waals surface area (Å²) in [4.78, 5) is 95.2. The van der Waals surface area contributed by atoms with E-state index in [-0.39, 0.29) is 28.7 Å². The van der Waals surface area contributed by atoms with Crippen molar-refractivity contribution in [3.8, 4) is 17.0 Å². The molecule has 0 spiro atoms. The Morgan fingerprint density at radius 1 is 0.980 bits per heavy atom. The first-order valence-corrected chi connectivity index (χ1v) is 17.1. The van der Waals surface area contributed by atoms with Crippen molar-refractivity contribution in [2.24, 2.45) is 0 Å². The number of H-pyrrole nitrogens is 1. The molecule has 15 nitrogen and oxygen atoms in total. The lowest BCUT2D eigenvalue weighted by atomic mass is 9.95. The van der Waals surface area contributed by atoms with Gasteiger partial charge in [-0.2, -0.15) is 0 Å². The summed E-state index contributed by atoms with van der Waals surface area (Å²) in [5.74, 6) is -3.90. The number of aliphatic carboxylic acids is 1. The number of aromatic nitrogens is 1. The van der Waals surface area contributed by atoms with E-state index in [0.29, 0.717) is 29.9 Å². The monoisotopic (exact) mass is 716 g/mol. The molecule has 51 heavy (non-hydrogen) atoms. The number of rotatable bonds is 9. The molecule has 5 unspecified atom stereocenters. The Balaban J connectivity index is 1.15. The van der Waals surface area contributed by atoms with Crippen LogP contribution in [0, 0.1) is 0 Å². The van der Waals surface area contributed by atoms with E-state index in [9.17, 15) is 43.8 Å². The van der Waals surface area contributed by atoms with Crippen LogP contribution >= 0.6 is 11.8 Å². The number of nitrogens with zero attached hydrogens (tertiary/aromatic N) is 2. The van der Waals surface area contributed by atoms with E-state index in [4.69, 9.17) is 0 Å². The number of pyridine rings is 1. The number of carbonyl (C=O) groups excluding carboxylic acids is 5. The van der Waals surface area contributed by atoms with Gasteiger partial charge in [-0.05, 0) is 74.2 Å². The van der Waals surface area contributed by atoms with E-state index in [1.807, 2.05) is 0 Å². The van der Waals surface area contributed by atoms with Crippen molar-refractivity contribution >= 4 is 53.0 Å². The van der Waals surface area contributed by atoms with Crippen LogP contribution in [0.15, 0.2) is 65.5 Å². The average Bonchev–Trinajstić information content (AvgIpc) is 3.68. The van der Waals surface area contributed by atoms with Gasteiger partial charge < -0.3 is 40.9 Å². The molecule has 3 aromatic rings. The summed E-state index contributed by atoms with van der Waals surface area (Å²) in [6, 6.07) is 10.9. The zero-order valence-electron chi connectivity index (χ0n) is 27.8. The van der Waals surface area contributed by atoms with Crippen LogP contribution in [0.3, 0.4) is 0 Å². The van der Waals surface area contributed by atoms with Crippen LogP contribution < -0.4 is 21.5 Å². The summed E-state index contributed by atoms with van der Waals surface area (Å²) < 4.78 is -0.810. The number of aromatic hydroxyl groups is 1. The third kappa shape index (κ3) is 6.78. The van der Waals surface area contributed by atoms with E-state index in [2.05, 4.69) is 20.9 Å². The first-order chi connectivity index (χ1) is 24.2. The summed E-state index contributed by atoms with van der Waals surface area (Å²) in [6.45, 7) is 5.39. The Hall–Kier alpha value is -5.64. The molecule has 6 N–H and O–H groups in total. The van der Waals surface area contributed by atoms with Crippen molar-refractivity contribution in [1.82, 2.24) is 25.4 Å². The molecule has 1 aromatic heterocycles. The van der Waals surface area contributed by atoms with Crippen LogP contribution in [-0.4, -0.2) is 95.3 Å². The van der Waals surface area contributed by atoms with Crippen molar-refractivity contribution in [1.29, 1.82) is 0 Å². The lowest BCUT2D eigenvalue weighted by molar-refractivity contribution is -0.161. The second-order valence-corrected chi connectivity index (χ2v) is 14.9. The molecular formula is C35H36N6O9S. The van der Waals surface area contributed by atoms with Gasteiger partial charge >= 0.3 is 5.97 Å². The minimum Gasteiger partial charge on any atom is -0.508 e. The summed E-state index contributed by atoms with van der Waals surface area (Å²) in [7, 11) is 0. The van der Waals surface area contributed by atoms with E-state index in [1.54, 1.807) is 43.0 Å². The summed E-state index contributed by atoms with van der Waals surface area (Å²) in [5, 5.41) is 26.9. The molecule has 0 radical (unpaired) electrons. The molecule has 6 rings (SSSR count). The van der Waals surface area contributed by atoms with Gasteiger partial charge in [0.15, 0.2) is 0 Å². The van der Waals surface area contributed by atoms with Crippen LogP contribution in [0.25, 0.3) is 11.3 Å². The molecule has 2 aromatic carbocycles. The number of carboxylic acid groups (broad SMARTS) is 1. The SMILES string of the molecule is CC(=O)N1CCCC1C(=O)Nc1ccc(-c2ccc(C(=O)NC(C(=O)NC3C(=O)N4C3SC(C)(C)C4C(=O)O)c3ccc(O)cc3)c(=O)[nH]2)cc1. The smallest absolute Gasteiger partial charge is 0.327 e. The number of hydrogen-bond donors (Lipinski definition) is 6. The number of phenolic OH excluding ortho intramolecular Hbond substituents is 1. The van der Waals surface area contributed by atoms with Crippen molar-refractivity contribution in [3.63, 3.8) is 0 Å². The lowest BCUT2D eigenvalue weighted by Crippen LogP contribution is -2.71. The molecule has 4 heterocycles. The standard InChI is InChI=1S/C35H36N6O9S/c1-17(42)40-16-4-5-24(40)30(46)36-20-10-6-18(7-11-20)23-15-14-22(28(44)37-23)29(45)38-25(19-8-12-21(43)13-9-19)31(47)39-26-32(48)41-27(34(49)50)35(2,3)51-33(26)41/h6-15,24-27,33,43H,4-5,16H2,1-3H3,(H,36,46)(H,37,44)(H,38,45)(H,39,47)(H,49,50). The maximum Gasteiger partial charge on any atom is 0.327 e. The molecule has 0 saturated carbocycles. The highest BCUT2D eigenvalue weighted by Crippen LogP contribution is 2.50. The molecule has 3 saturated heterocycles. The van der Waals surface area contributed by atoms with E-state index < -0.39 is 63.5 Å². The van der Waals surface area contributed by atoms with Crippen molar-refractivity contribution < 1.29 is 39.0 Å². The van der Waals surface area contributed by atoms with Crippen LogP contribution in [-0.2, 0) is 24.0 Å². The summed E-state index contributed by atoms with van der Waals surface area (Å²) >= 11 is 1.25. The number of aromatic amines is 1. The average molecular weight is 717 g/mol. The number of likely N-dealkylation sites (tertiary alicyclic amines) is 1. The number of amides is 5. The van der Waals surface area contributed by atoms with E-state index in [0.717, 1.165) is 6.42 Å². The minimum atomic E-state index is -1.39. The summed E-state index contributed by atoms with van der Waals surface area (Å²) in [5.41, 5.74) is 0.685. The van der Waals surface area contributed by atoms with Crippen molar-refractivity contribution in [2.45, 2.75) is 67.9 Å². The van der Waals surface area contributed by atoms with E-state index in [1.165, 1.54) is 60.0 Å². The predicted molar refractivity (Wildman–Crippen MR) is 186 cm³/mol. The zero-order valence-corrected chi connectivity index (χ0v) is 28.7. The molecule has 3 fully saturated rings. The normalized spacial score (nSPS) is 22.4. The molecule has 3 aliphatic rings. The fraction of sp³-hybridized carbons (Fsp3) is 0.343. The number of hydrogen-bond acceptors (Lipinski definition) is 9. The highest BCUT2D eigenvalue weighted by atomic mass is 32.2. The second-order valence-electron chi connectivity index (χ2n) is 13.1. The van der Waals surface area contributed by atoms with Crippen LogP contribution in [0.5, 0.6) is 5.75 Å². The molecular weight excluding hydrogens is 680 g/mol. The fourth-order valence-electron chi connectivity index (χ4n) is 6.75. The van der Waals surface area contributed by atoms with Crippen LogP contribution in [0.4, 0.5) is 5.69 Å². The molecule has 16 heteroatoms. The zero-order chi connectivity index (χ0) is 36.8. The van der Waals surface area contributed by atoms with Gasteiger partial charge in [0.05, 0.1) is 0 Å². The van der Waals surface area contributed by atoms with Gasteiger partial charge in [-0.1, -0.05) is 24.3 Å². The highest BCUT2D eigenvalue weighted by molar-refractivity contribution is 8.01. The van der Waals surface area contributed by atoms with Gasteiger partial charge in [-0.25, -0.2) is 4.79 Å². The van der Waals surface area contributed by atoms with Gasteiger partial charge in [0.2, 0.25) is 23.6 Å². The fourth-order valence-corrected chi connectivity index (χ4v) is 8.38. The Morgan fingerprint density at radius 2 is 1.67 bits per heavy atom. The Kier molecular flexibility index (Phi) is 9.37. The van der Waals surface area contributed by atoms with Crippen LogP contribution in [0.2, 0.25) is 0 Å². The lowest BCUT2D eigenvalue weighted by Gasteiger charge is -2.44. The first-order valence-electron chi connectivity index (χ1n) is 16.2. The molecule has 5 amide bonds. The number of β-lactam (4-membered cyclic amide) rings is 1. The van der Waals surface area contributed by atoms with Gasteiger partial charge in [-0.3, -0.25) is 28.8 Å². The van der Waals surface area contributed by atoms with Gasteiger partial charge in [0.1, 0.15) is 40.9 Å². The van der Waals surface area contributed by atoms with Gasteiger partial charge in [0.25, 0.3) is 11.5 Å². The largest absolute Gasteiger partial charge is 0.508 e. The number of carboxylic acids is 1. The Morgan fingerprint density at radius 3 is 2.29 bits per heavy atom. The summed E-state index contributed by atoms with van der Waals surface area (Å²) in [6.07, 6.45) is 1.33. The second kappa shape index (κ2) is 13.6. The number of fused-ring (bicyclic) bond motifs is 1. The van der Waals surface area contributed by atoms with Crippen molar-refractivity contribution in [2.75, 3.05) is 11.9 Å². The Bertz CT molecular complexity index is 1980. The van der Waals surface area contributed by atoms with E-state index >= 15 is 0 Å². The molecule has 0 aliphatic carbocycles. The molecule has 266 valence electrons. The number of nitrogens with one attached hydrogen (secondary N) is 4. The minimum absolute atomic E-state index is 0.0887. The quantitative estimate of drug-likeness (QED) is 0.177.